The SMILES string of the molecule is C=C/C=C\C(=C(/C)OCC)c1cc(NCc2cccnc2C(F)(F)F)c(N(C)C(C)C)c(CC)n1. The molecule has 0 fully saturated rings. The molecule has 2 aromatic rings. The number of aryl methyl sites for hydroxylation is 1. The van der Waals surface area contributed by atoms with Crippen LogP contribution in [0.3, 0.4) is 0 Å². The Kier molecular flexibility index (Phi) is 9.92. The lowest BCUT2D eigenvalue weighted by Gasteiger charge is -2.29. The zero-order valence-corrected chi connectivity index (χ0v) is 21.3. The maximum absolute atomic E-state index is 13.5. The highest BCUT2D eigenvalue weighted by Gasteiger charge is 2.35. The molecule has 190 valence electrons. The summed E-state index contributed by atoms with van der Waals surface area (Å²) < 4.78 is 46.3. The maximum Gasteiger partial charge on any atom is 0.433 e. The van der Waals surface area contributed by atoms with E-state index in [1.54, 1.807) is 12.2 Å². The second kappa shape index (κ2) is 12.4. The van der Waals surface area contributed by atoms with Crippen molar-refractivity contribution < 1.29 is 17.9 Å². The zero-order chi connectivity index (χ0) is 26.2. The normalized spacial score (nSPS) is 12.6. The molecule has 0 atom stereocenters. The van der Waals surface area contributed by atoms with E-state index < -0.39 is 11.9 Å². The number of nitrogens with one attached hydrogen (secondary N) is 1. The monoisotopic (exact) mass is 488 g/mol. The van der Waals surface area contributed by atoms with Gasteiger partial charge in [0.1, 0.15) is 11.5 Å². The molecule has 8 heteroatoms. The van der Waals surface area contributed by atoms with Gasteiger partial charge >= 0.3 is 6.18 Å². The Morgan fingerprint density at radius 1 is 1.29 bits per heavy atom. The van der Waals surface area contributed by atoms with Crippen molar-refractivity contribution >= 4 is 16.9 Å². The predicted molar refractivity (Wildman–Crippen MR) is 137 cm³/mol. The van der Waals surface area contributed by atoms with E-state index in [-0.39, 0.29) is 18.2 Å². The van der Waals surface area contributed by atoms with Gasteiger partial charge in [-0.2, -0.15) is 13.2 Å². The number of allylic oxidation sites excluding steroid dienone is 5. The Morgan fingerprint density at radius 2 is 2.00 bits per heavy atom. The molecule has 0 aromatic carbocycles. The van der Waals surface area contributed by atoms with E-state index in [0.717, 1.165) is 23.2 Å². The molecule has 0 aliphatic rings. The number of pyridine rings is 2. The third-order valence-corrected chi connectivity index (χ3v) is 5.57. The van der Waals surface area contributed by atoms with E-state index in [2.05, 4.69) is 35.6 Å². The number of hydrogen-bond acceptors (Lipinski definition) is 5. The first kappa shape index (κ1) is 28.0. The van der Waals surface area contributed by atoms with Crippen LogP contribution in [0.2, 0.25) is 0 Å². The molecule has 2 heterocycles. The molecule has 35 heavy (non-hydrogen) atoms. The van der Waals surface area contributed by atoms with Crippen LogP contribution in [0.1, 0.15) is 57.3 Å². The number of ether oxygens (including phenoxy) is 1. The van der Waals surface area contributed by atoms with Gasteiger partial charge in [-0.1, -0.05) is 31.7 Å². The van der Waals surface area contributed by atoms with Crippen LogP contribution in [0, 0.1) is 0 Å². The lowest BCUT2D eigenvalue weighted by Crippen LogP contribution is -2.28. The quantitative estimate of drug-likeness (QED) is 0.272. The standard InChI is InChI=1S/C27H35F3N4O/c1-8-11-14-21(19(6)35-10-3)23-16-24(25(22(9-2)33-23)34(7)18(4)5)32-17-20-13-12-15-31-26(20)27(28,29)30/h8,11-16,18H,1,9-10,17H2,2-7H3,(H,32,33)/b14-11-,21-19-. The smallest absolute Gasteiger partial charge is 0.433 e. The highest BCUT2D eigenvalue weighted by Crippen LogP contribution is 2.35. The van der Waals surface area contributed by atoms with Crippen molar-refractivity contribution in [1.82, 2.24) is 9.97 Å². The molecule has 0 saturated heterocycles. The maximum atomic E-state index is 13.5. The zero-order valence-electron chi connectivity index (χ0n) is 21.3. The molecule has 0 unspecified atom stereocenters. The minimum absolute atomic E-state index is 0.0415. The van der Waals surface area contributed by atoms with Gasteiger partial charge in [0.05, 0.1) is 29.4 Å². The van der Waals surface area contributed by atoms with Gasteiger partial charge in [-0.3, -0.25) is 9.97 Å². The van der Waals surface area contributed by atoms with E-state index in [4.69, 9.17) is 9.72 Å². The van der Waals surface area contributed by atoms with Gasteiger partial charge in [0.2, 0.25) is 0 Å². The highest BCUT2D eigenvalue weighted by atomic mass is 19.4. The number of aromatic nitrogens is 2. The van der Waals surface area contributed by atoms with E-state index in [1.165, 1.54) is 12.1 Å². The van der Waals surface area contributed by atoms with Gasteiger partial charge in [-0.05, 0) is 52.3 Å². The molecule has 0 saturated carbocycles. The second-order valence-electron chi connectivity index (χ2n) is 8.27. The number of anilines is 2. The highest BCUT2D eigenvalue weighted by molar-refractivity contribution is 5.81. The Balaban J connectivity index is 2.69. The van der Waals surface area contributed by atoms with Gasteiger partial charge in [0.25, 0.3) is 0 Å². The van der Waals surface area contributed by atoms with E-state index in [9.17, 15) is 13.2 Å². The Hall–Kier alpha value is -3.29. The molecule has 0 spiro atoms. The third kappa shape index (κ3) is 7.10. The molecule has 0 bridgehead atoms. The van der Waals surface area contributed by atoms with Gasteiger partial charge < -0.3 is 15.0 Å². The van der Waals surface area contributed by atoms with Crippen LogP contribution in [0.4, 0.5) is 24.5 Å². The number of alkyl halides is 3. The molecular formula is C27H35F3N4O. The van der Waals surface area contributed by atoms with Crippen molar-refractivity contribution in [3.63, 3.8) is 0 Å². The average Bonchev–Trinajstić information content (AvgIpc) is 2.81. The summed E-state index contributed by atoms with van der Waals surface area (Å²) in [6.45, 7) is 14.1. The molecule has 0 radical (unpaired) electrons. The van der Waals surface area contributed by atoms with Crippen molar-refractivity contribution in [2.45, 2.75) is 59.8 Å². The summed E-state index contributed by atoms with van der Waals surface area (Å²) in [5, 5.41) is 3.25. The van der Waals surface area contributed by atoms with Crippen molar-refractivity contribution in [3.8, 4) is 0 Å². The van der Waals surface area contributed by atoms with Crippen LogP contribution in [0.5, 0.6) is 0 Å². The molecular weight excluding hydrogens is 453 g/mol. The average molecular weight is 489 g/mol. The second-order valence-corrected chi connectivity index (χ2v) is 8.27. The van der Waals surface area contributed by atoms with E-state index in [0.29, 0.717) is 30.2 Å². The molecule has 2 aromatic heterocycles. The summed E-state index contributed by atoms with van der Waals surface area (Å²) in [5.74, 6) is 0.697. The molecule has 2 rings (SSSR count). The summed E-state index contributed by atoms with van der Waals surface area (Å²) in [6.07, 6.45) is 2.61. The number of nitrogens with zero attached hydrogens (tertiary/aromatic N) is 3. The van der Waals surface area contributed by atoms with Crippen LogP contribution in [0.25, 0.3) is 5.57 Å². The van der Waals surface area contributed by atoms with Crippen molar-refractivity contribution in [2.24, 2.45) is 0 Å². The first-order valence-corrected chi connectivity index (χ1v) is 11.7. The van der Waals surface area contributed by atoms with Gasteiger partial charge in [0, 0.05) is 37.0 Å². The van der Waals surface area contributed by atoms with E-state index >= 15 is 0 Å². The Labute approximate surface area is 206 Å². The van der Waals surface area contributed by atoms with Crippen molar-refractivity contribution in [3.05, 3.63) is 77.6 Å². The molecule has 0 aliphatic heterocycles. The first-order valence-electron chi connectivity index (χ1n) is 11.7. The van der Waals surface area contributed by atoms with Crippen LogP contribution < -0.4 is 10.2 Å². The summed E-state index contributed by atoms with van der Waals surface area (Å²) in [4.78, 5) is 10.6. The number of hydrogen-bond donors (Lipinski definition) is 1. The van der Waals surface area contributed by atoms with Crippen molar-refractivity contribution in [2.75, 3.05) is 23.9 Å². The lowest BCUT2D eigenvalue weighted by atomic mass is 10.0. The fourth-order valence-corrected chi connectivity index (χ4v) is 3.63. The molecule has 1 N–H and O–H groups in total. The fourth-order valence-electron chi connectivity index (χ4n) is 3.63. The molecule has 5 nitrogen and oxygen atoms in total. The van der Waals surface area contributed by atoms with Crippen LogP contribution in [-0.4, -0.2) is 29.7 Å². The largest absolute Gasteiger partial charge is 0.498 e. The van der Waals surface area contributed by atoms with Crippen LogP contribution in [0.15, 0.2) is 55.0 Å². The third-order valence-electron chi connectivity index (χ3n) is 5.57. The molecule has 0 amide bonds. The van der Waals surface area contributed by atoms with Gasteiger partial charge in [-0.25, -0.2) is 0 Å². The summed E-state index contributed by atoms with van der Waals surface area (Å²) in [7, 11) is 1.96. The fraction of sp³-hybridized carbons (Fsp3) is 0.407. The van der Waals surface area contributed by atoms with Crippen LogP contribution >= 0.6 is 0 Å². The van der Waals surface area contributed by atoms with Crippen molar-refractivity contribution in [1.29, 1.82) is 0 Å². The first-order chi connectivity index (χ1) is 16.5. The minimum Gasteiger partial charge on any atom is -0.498 e. The number of halogens is 3. The summed E-state index contributed by atoms with van der Waals surface area (Å²) in [6, 6.07) is 4.96. The summed E-state index contributed by atoms with van der Waals surface area (Å²) in [5.41, 5.74) is 2.99. The van der Waals surface area contributed by atoms with Crippen LogP contribution in [-0.2, 0) is 23.9 Å². The molecule has 0 aliphatic carbocycles. The van der Waals surface area contributed by atoms with E-state index in [1.807, 2.05) is 40.0 Å². The Morgan fingerprint density at radius 3 is 2.57 bits per heavy atom. The predicted octanol–water partition coefficient (Wildman–Crippen LogP) is 7.02. The summed E-state index contributed by atoms with van der Waals surface area (Å²) >= 11 is 0. The minimum atomic E-state index is -4.53. The topological polar surface area (TPSA) is 50.3 Å². The lowest BCUT2D eigenvalue weighted by molar-refractivity contribution is -0.141. The van der Waals surface area contributed by atoms with Gasteiger partial charge in [-0.15, -0.1) is 0 Å². The Bertz CT molecular complexity index is 1070. The number of rotatable bonds is 11. The van der Waals surface area contributed by atoms with Gasteiger partial charge in [0.15, 0.2) is 0 Å².